The second-order valence-electron chi connectivity index (χ2n) is 6.37. The Morgan fingerprint density at radius 1 is 1.23 bits per heavy atom. The number of hydrogen-bond acceptors (Lipinski definition) is 2. The summed E-state index contributed by atoms with van der Waals surface area (Å²) < 4.78 is 5.11. The Bertz CT molecular complexity index is 452. The third-order valence-corrected chi connectivity index (χ3v) is 3.30. The van der Waals surface area contributed by atoms with Crippen molar-refractivity contribution in [1.29, 1.82) is 0 Å². The topological polar surface area (TPSA) is 45.7 Å². The van der Waals surface area contributed by atoms with E-state index in [1.165, 1.54) is 11.1 Å². The van der Waals surface area contributed by atoms with E-state index in [0.29, 0.717) is 6.61 Å². The highest BCUT2D eigenvalue weighted by molar-refractivity contribution is 14.0. The van der Waals surface area contributed by atoms with E-state index in [0.717, 1.165) is 12.5 Å². The molecule has 126 valence electrons. The van der Waals surface area contributed by atoms with Crippen molar-refractivity contribution in [3.05, 3.63) is 35.4 Å². The number of hydrogen-bond donors (Lipinski definition) is 2. The van der Waals surface area contributed by atoms with Gasteiger partial charge in [-0.3, -0.25) is 4.99 Å². The van der Waals surface area contributed by atoms with Crippen LogP contribution in [0.5, 0.6) is 0 Å². The molecule has 5 heteroatoms. The predicted molar refractivity (Wildman–Crippen MR) is 105 cm³/mol. The van der Waals surface area contributed by atoms with Gasteiger partial charge in [-0.2, -0.15) is 0 Å². The van der Waals surface area contributed by atoms with E-state index < -0.39 is 0 Å². The summed E-state index contributed by atoms with van der Waals surface area (Å²) in [5.41, 5.74) is 2.78. The van der Waals surface area contributed by atoms with Crippen LogP contribution in [0.3, 0.4) is 0 Å². The Morgan fingerprint density at radius 3 is 2.27 bits per heavy atom. The van der Waals surface area contributed by atoms with E-state index in [-0.39, 0.29) is 35.4 Å². The van der Waals surface area contributed by atoms with Crippen LogP contribution in [0.25, 0.3) is 0 Å². The van der Waals surface area contributed by atoms with Crippen molar-refractivity contribution < 1.29 is 4.74 Å². The van der Waals surface area contributed by atoms with Gasteiger partial charge in [-0.15, -0.1) is 24.0 Å². The average Bonchev–Trinajstić information content (AvgIpc) is 2.43. The molecule has 0 aliphatic carbocycles. The second-order valence-corrected chi connectivity index (χ2v) is 6.37. The molecular weight excluding hydrogens is 389 g/mol. The number of guanidine groups is 1. The quantitative estimate of drug-likeness (QED) is 0.438. The van der Waals surface area contributed by atoms with Gasteiger partial charge in [-0.25, -0.2) is 0 Å². The molecule has 0 spiro atoms. The van der Waals surface area contributed by atoms with Crippen LogP contribution in [0.1, 0.15) is 38.8 Å². The zero-order valence-electron chi connectivity index (χ0n) is 14.6. The van der Waals surface area contributed by atoms with E-state index in [4.69, 9.17) is 4.74 Å². The van der Waals surface area contributed by atoms with Crippen LogP contribution in [0.2, 0.25) is 0 Å². The van der Waals surface area contributed by atoms with E-state index >= 15 is 0 Å². The summed E-state index contributed by atoms with van der Waals surface area (Å²) >= 11 is 0. The molecule has 0 saturated heterocycles. The van der Waals surface area contributed by atoms with Gasteiger partial charge in [0.25, 0.3) is 0 Å². The minimum absolute atomic E-state index is 0. The monoisotopic (exact) mass is 419 g/mol. The fraction of sp³-hybridized carbons (Fsp3) is 0.588. The molecule has 1 unspecified atom stereocenters. The van der Waals surface area contributed by atoms with Crippen LogP contribution in [0.15, 0.2) is 29.3 Å². The van der Waals surface area contributed by atoms with Crippen molar-refractivity contribution in [2.24, 2.45) is 4.99 Å². The van der Waals surface area contributed by atoms with Crippen molar-refractivity contribution in [2.75, 3.05) is 20.8 Å². The molecule has 0 saturated carbocycles. The zero-order chi connectivity index (χ0) is 15.9. The van der Waals surface area contributed by atoms with Crippen LogP contribution in [-0.4, -0.2) is 32.8 Å². The van der Waals surface area contributed by atoms with Crippen LogP contribution in [0.4, 0.5) is 0 Å². The van der Waals surface area contributed by atoms with Crippen molar-refractivity contribution in [3.63, 3.8) is 0 Å². The number of methoxy groups -OCH3 is 1. The molecule has 0 aliphatic heterocycles. The molecule has 1 aromatic rings. The van der Waals surface area contributed by atoms with Gasteiger partial charge >= 0.3 is 0 Å². The number of nitrogens with zero attached hydrogens (tertiary/aromatic N) is 1. The summed E-state index contributed by atoms with van der Waals surface area (Å²) in [6, 6.07) is 8.95. The van der Waals surface area contributed by atoms with Crippen molar-refractivity contribution in [1.82, 2.24) is 10.6 Å². The molecule has 2 N–H and O–H groups in total. The fourth-order valence-electron chi connectivity index (χ4n) is 2.03. The van der Waals surface area contributed by atoms with Gasteiger partial charge in [0.2, 0.25) is 0 Å². The summed E-state index contributed by atoms with van der Waals surface area (Å²) in [5, 5.41) is 6.60. The highest BCUT2D eigenvalue weighted by Crippen LogP contribution is 2.22. The molecule has 0 bridgehead atoms. The maximum absolute atomic E-state index is 5.11. The second kappa shape index (κ2) is 10.0. The average molecular weight is 419 g/mol. The molecule has 1 rings (SSSR count). The zero-order valence-corrected chi connectivity index (χ0v) is 16.9. The minimum atomic E-state index is 0. The molecule has 0 radical (unpaired) electrons. The number of rotatable bonds is 5. The molecule has 1 atom stereocenters. The predicted octanol–water partition coefficient (Wildman–Crippen LogP) is 3.30. The fourth-order valence-corrected chi connectivity index (χ4v) is 2.03. The summed E-state index contributed by atoms with van der Waals surface area (Å²) in [6.07, 6.45) is 0. The molecular formula is C17H30IN3O. The van der Waals surface area contributed by atoms with Crippen LogP contribution in [0, 0.1) is 0 Å². The Kier molecular flexibility index (Phi) is 9.67. The highest BCUT2D eigenvalue weighted by atomic mass is 127. The molecule has 4 nitrogen and oxygen atoms in total. The highest BCUT2D eigenvalue weighted by Gasteiger charge is 2.12. The molecule has 1 aromatic carbocycles. The summed E-state index contributed by atoms with van der Waals surface area (Å²) in [5.74, 6) is 0.791. The van der Waals surface area contributed by atoms with Crippen LogP contribution in [-0.2, 0) is 16.7 Å². The summed E-state index contributed by atoms with van der Waals surface area (Å²) in [7, 11) is 3.47. The van der Waals surface area contributed by atoms with E-state index in [2.05, 4.69) is 67.6 Å². The molecule has 0 amide bonds. The van der Waals surface area contributed by atoms with Gasteiger partial charge < -0.3 is 15.4 Å². The third-order valence-electron chi connectivity index (χ3n) is 3.30. The first kappa shape index (κ1) is 21.2. The molecule has 0 aliphatic rings. The van der Waals surface area contributed by atoms with Crippen molar-refractivity contribution in [3.8, 4) is 0 Å². The third kappa shape index (κ3) is 7.45. The van der Waals surface area contributed by atoms with Gasteiger partial charge in [0.15, 0.2) is 5.96 Å². The lowest BCUT2D eigenvalue weighted by atomic mass is 9.87. The first-order valence-corrected chi connectivity index (χ1v) is 7.42. The number of ether oxygens (including phenoxy) is 1. The van der Waals surface area contributed by atoms with Crippen molar-refractivity contribution in [2.45, 2.75) is 45.7 Å². The first-order chi connectivity index (χ1) is 9.86. The Labute approximate surface area is 152 Å². The maximum atomic E-state index is 5.11. The van der Waals surface area contributed by atoms with E-state index in [9.17, 15) is 0 Å². The number of nitrogens with one attached hydrogen (secondary N) is 2. The van der Waals surface area contributed by atoms with Gasteiger partial charge in [-0.05, 0) is 23.5 Å². The summed E-state index contributed by atoms with van der Waals surface area (Å²) in [6.45, 7) is 10.1. The Hall–Kier alpha value is -0.820. The standard InChI is InChI=1S/C17H29N3O.HI/c1-13(12-21-6)20-16(18-5)19-11-14-7-9-15(10-8-14)17(2,3)4;/h7-10,13H,11-12H2,1-6H3,(H2,18,19,20);1H. The maximum Gasteiger partial charge on any atom is 0.191 e. The number of aliphatic imine (C=N–C) groups is 1. The molecule has 0 aromatic heterocycles. The molecule has 0 heterocycles. The first-order valence-electron chi connectivity index (χ1n) is 7.42. The van der Waals surface area contributed by atoms with E-state index in [1.54, 1.807) is 14.2 Å². The largest absolute Gasteiger partial charge is 0.383 e. The van der Waals surface area contributed by atoms with Gasteiger partial charge in [-0.1, -0.05) is 45.0 Å². The summed E-state index contributed by atoms with van der Waals surface area (Å²) in [4.78, 5) is 4.22. The smallest absolute Gasteiger partial charge is 0.191 e. The number of benzene rings is 1. The SMILES string of the molecule is CN=C(NCc1ccc(C(C)(C)C)cc1)NC(C)COC.I. The normalized spacial score (nSPS) is 13.3. The lowest BCUT2D eigenvalue weighted by molar-refractivity contribution is 0.179. The van der Waals surface area contributed by atoms with Gasteiger partial charge in [0.05, 0.1) is 6.61 Å². The van der Waals surface area contributed by atoms with Gasteiger partial charge in [0, 0.05) is 26.7 Å². The number of halogens is 1. The van der Waals surface area contributed by atoms with Crippen LogP contribution < -0.4 is 10.6 Å². The molecule has 0 fully saturated rings. The lowest BCUT2D eigenvalue weighted by Crippen LogP contribution is -2.43. The Morgan fingerprint density at radius 2 is 1.82 bits per heavy atom. The van der Waals surface area contributed by atoms with Crippen LogP contribution >= 0.6 is 24.0 Å². The van der Waals surface area contributed by atoms with Crippen molar-refractivity contribution >= 4 is 29.9 Å². The Balaban J connectivity index is 0.00000441. The van der Waals surface area contributed by atoms with E-state index in [1.807, 2.05) is 0 Å². The minimum Gasteiger partial charge on any atom is -0.383 e. The molecule has 22 heavy (non-hydrogen) atoms. The lowest BCUT2D eigenvalue weighted by Gasteiger charge is -2.20. The van der Waals surface area contributed by atoms with Gasteiger partial charge in [0.1, 0.15) is 0 Å².